The van der Waals surface area contributed by atoms with Gasteiger partial charge in [0.1, 0.15) is 5.82 Å². The lowest BCUT2D eigenvalue weighted by atomic mass is 10.3. The van der Waals surface area contributed by atoms with Crippen LogP contribution in [-0.4, -0.2) is 60.5 Å². The standard InChI is InChI=1S/C12H17N5O3/c1-15(9-12(18)16-6-4-13-5-7-16)11-8-10(17(19)20)2-3-14-11/h2-3,8,13H,4-7,9H2,1H3. The Bertz CT molecular complexity index is 502. The summed E-state index contributed by atoms with van der Waals surface area (Å²) in [7, 11) is 1.70. The SMILES string of the molecule is CN(CC(=O)N1CCNCC1)c1cc([N+](=O)[O-])ccn1. The minimum absolute atomic E-state index is 0.00214. The lowest BCUT2D eigenvalue weighted by Crippen LogP contribution is -2.49. The Morgan fingerprint density at radius 1 is 1.55 bits per heavy atom. The number of nitrogens with zero attached hydrogens (tertiary/aromatic N) is 4. The summed E-state index contributed by atoms with van der Waals surface area (Å²) in [6.45, 7) is 3.13. The van der Waals surface area contributed by atoms with Crippen LogP contribution in [0.1, 0.15) is 0 Å². The summed E-state index contributed by atoms with van der Waals surface area (Å²) >= 11 is 0. The third-order valence-corrected chi connectivity index (χ3v) is 3.17. The van der Waals surface area contributed by atoms with E-state index in [1.54, 1.807) is 16.8 Å². The van der Waals surface area contributed by atoms with Crippen molar-refractivity contribution in [2.75, 3.05) is 44.7 Å². The quantitative estimate of drug-likeness (QED) is 0.609. The van der Waals surface area contributed by atoms with Gasteiger partial charge in [-0.05, 0) is 0 Å². The van der Waals surface area contributed by atoms with E-state index in [-0.39, 0.29) is 18.1 Å². The van der Waals surface area contributed by atoms with Crippen molar-refractivity contribution in [2.24, 2.45) is 0 Å². The summed E-state index contributed by atoms with van der Waals surface area (Å²) in [5.41, 5.74) is -0.0310. The number of carbonyl (C=O) groups is 1. The Kier molecular flexibility index (Phi) is 4.46. The van der Waals surface area contributed by atoms with Crippen molar-refractivity contribution in [3.63, 3.8) is 0 Å². The maximum atomic E-state index is 12.1. The third kappa shape index (κ3) is 3.41. The summed E-state index contributed by atoms with van der Waals surface area (Å²) in [5.74, 6) is 0.421. The van der Waals surface area contributed by atoms with Crippen LogP contribution >= 0.6 is 0 Å². The van der Waals surface area contributed by atoms with E-state index in [2.05, 4.69) is 10.3 Å². The third-order valence-electron chi connectivity index (χ3n) is 3.17. The molecule has 1 aliphatic heterocycles. The van der Waals surface area contributed by atoms with E-state index in [0.29, 0.717) is 18.9 Å². The molecule has 1 aliphatic rings. The van der Waals surface area contributed by atoms with Gasteiger partial charge in [0, 0.05) is 45.5 Å². The number of aromatic nitrogens is 1. The first-order valence-electron chi connectivity index (χ1n) is 6.38. The molecule has 108 valence electrons. The molecule has 2 heterocycles. The molecule has 1 fully saturated rings. The van der Waals surface area contributed by atoms with Crippen LogP contribution in [0, 0.1) is 10.1 Å². The Hall–Kier alpha value is -2.22. The second-order valence-corrected chi connectivity index (χ2v) is 4.62. The zero-order valence-electron chi connectivity index (χ0n) is 11.3. The number of rotatable bonds is 4. The van der Waals surface area contributed by atoms with Gasteiger partial charge in [0.2, 0.25) is 5.91 Å². The molecule has 20 heavy (non-hydrogen) atoms. The number of hydrogen-bond acceptors (Lipinski definition) is 6. The van der Waals surface area contributed by atoms with Crippen molar-refractivity contribution in [1.82, 2.24) is 15.2 Å². The summed E-state index contributed by atoms with van der Waals surface area (Å²) < 4.78 is 0. The van der Waals surface area contributed by atoms with Crippen molar-refractivity contribution < 1.29 is 9.72 Å². The summed E-state index contributed by atoms with van der Waals surface area (Å²) in [4.78, 5) is 29.8. The molecule has 0 aliphatic carbocycles. The van der Waals surface area contributed by atoms with E-state index < -0.39 is 4.92 Å². The molecule has 0 bridgehead atoms. The molecule has 0 spiro atoms. The molecule has 0 radical (unpaired) electrons. The predicted octanol–water partition coefficient (Wildman–Crippen LogP) is -0.142. The fourth-order valence-corrected chi connectivity index (χ4v) is 2.03. The fraction of sp³-hybridized carbons (Fsp3) is 0.500. The molecule has 1 N–H and O–H groups in total. The highest BCUT2D eigenvalue weighted by atomic mass is 16.6. The van der Waals surface area contributed by atoms with Gasteiger partial charge >= 0.3 is 0 Å². The Balaban J connectivity index is 2.00. The molecule has 2 rings (SSSR count). The van der Waals surface area contributed by atoms with E-state index in [0.717, 1.165) is 13.1 Å². The molecule has 8 nitrogen and oxygen atoms in total. The molecule has 0 unspecified atom stereocenters. The first-order chi connectivity index (χ1) is 9.58. The van der Waals surface area contributed by atoms with Gasteiger partial charge in [-0.15, -0.1) is 0 Å². The molecular weight excluding hydrogens is 262 g/mol. The van der Waals surface area contributed by atoms with Crippen LogP contribution in [0.25, 0.3) is 0 Å². The smallest absolute Gasteiger partial charge is 0.274 e. The number of piperazine rings is 1. The lowest BCUT2D eigenvalue weighted by molar-refractivity contribution is -0.384. The first-order valence-corrected chi connectivity index (χ1v) is 6.38. The van der Waals surface area contributed by atoms with E-state index in [1.165, 1.54) is 18.3 Å². The highest BCUT2D eigenvalue weighted by molar-refractivity contribution is 5.81. The van der Waals surface area contributed by atoms with E-state index in [9.17, 15) is 14.9 Å². The van der Waals surface area contributed by atoms with Crippen LogP contribution in [0.15, 0.2) is 18.3 Å². The van der Waals surface area contributed by atoms with Gasteiger partial charge in [0.05, 0.1) is 17.5 Å². The van der Waals surface area contributed by atoms with Crippen LogP contribution in [0.4, 0.5) is 11.5 Å². The van der Waals surface area contributed by atoms with E-state index >= 15 is 0 Å². The van der Waals surface area contributed by atoms with Crippen molar-refractivity contribution in [2.45, 2.75) is 0 Å². The van der Waals surface area contributed by atoms with Crippen LogP contribution < -0.4 is 10.2 Å². The number of carbonyl (C=O) groups excluding carboxylic acids is 1. The second kappa shape index (κ2) is 6.29. The highest BCUT2D eigenvalue weighted by Gasteiger charge is 2.19. The van der Waals surface area contributed by atoms with Crippen LogP contribution in [0.3, 0.4) is 0 Å². The molecule has 1 aromatic heterocycles. The number of amides is 1. The van der Waals surface area contributed by atoms with Gasteiger partial charge in [0.15, 0.2) is 0 Å². The molecular formula is C12H17N5O3. The highest BCUT2D eigenvalue weighted by Crippen LogP contribution is 2.17. The van der Waals surface area contributed by atoms with Gasteiger partial charge in [0.25, 0.3) is 5.69 Å². The van der Waals surface area contributed by atoms with Crippen LogP contribution in [-0.2, 0) is 4.79 Å². The molecule has 0 saturated carbocycles. The number of anilines is 1. The normalized spacial score (nSPS) is 14.9. The number of pyridine rings is 1. The van der Waals surface area contributed by atoms with Gasteiger partial charge in [-0.3, -0.25) is 14.9 Å². The molecule has 1 amide bonds. The van der Waals surface area contributed by atoms with Crippen molar-refractivity contribution in [3.05, 3.63) is 28.4 Å². The lowest BCUT2D eigenvalue weighted by Gasteiger charge is -2.29. The number of likely N-dealkylation sites (N-methyl/N-ethyl adjacent to an activating group) is 1. The van der Waals surface area contributed by atoms with Crippen molar-refractivity contribution in [1.29, 1.82) is 0 Å². The van der Waals surface area contributed by atoms with E-state index in [4.69, 9.17) is 0 Å². The average molecular weight is 279 g/mol. The number of nitrogens with one attached hydrogen (secondary N) is 1. The van der Waals surface area contributed by atoms with Gasteiger partial charge in [-0.1, -0.05) is 0 Å². The molecule has 1 aromatic rings. The van der Waals surface area contributed by atoms with Crippen molar-refractivity contribution in [3.8, 4) is 0 Å². The molecule has 8 heteroatoms. The zero-order valence-corrected chi connectivity index (χ0v) is 11.3. The molecule has 0 atom stereocenters. The van der Waals surface area contributed by atoms with Gasteiger partial charge < -0.3 is 15.1 Å². The zero-order chi connectivity index (χ0) is 14.5. The fourth-order valence-electron chi connectivity index (χ4n) is 2.03. The minimum atomic E-state index is -0.475. The topological polar surface area (TPSA) is 91.6 Å². The first kappa shape index (κ1) is 14.2. The summed E-state index contributed by atoms with van der Waals surface area (Å²) in [6, 6.07) is 2.69. The van der Waals surface area contributed by atoms with Crippen LogP contribution in [0.2, 0.25) is 0 Å². The Morgan fingerprint density at radius 2 is 2.25 bits per heavy atom. The minimum Gasteiger partial charge on any atom is -0.350 e. The average Bonchev–Trinajstić information content (AvgIpc) is 2.48. The monoisotopic (exact) mass is 279 g/mol. The molecule has 1 saturated heterocycles. The molecule has 0 aromatic carbocycles. The van der Waals surface area contributed by atoms with Crippen LogP contribution in [0.5, 0.6) is 0 Å². The second-order valence-electron chi connectivity index (χ2n) is 4.62. The van der Waals surface area contributed by atoms with Gasteiger partial charge in [-0.25, -0.2) is 4.98 Å². The largest absolute Gasteiger partial charge is 0.350 e. The summed E-state index contributed by atoms with van der Waals surface area (Å²) in [6.07, 6.45) is 1.37. The maximum absolute atomic E-state index is 12.1. The Labute approximate surface area is 116 Å². The Morgan fingerprint density at radius 3 is 2.90 bits per heavy atom. The van der Waals surface area contributed by atoms with Crippen molar-refractivity contribution >= 4 is 17.4 Å². The van der Waals surface area contributed by atoms with E-state index in [1.807, 2.05) is 0 Å². The maximum Gasteiger partial charge on any atom is 0.274 e. The number of nitro groups is 1. The predicted molar refractivity (Wildman–Crippen MR) is 73.6 cm³/mol. The summed E-state index contributed by atoms with van der Waals surface area (Å²) in [5, 5.41) is 13.9. The number of hydrogen-bond donors (Lipinski definition) is 1. The van der Waals surface area contributed by atoms with Gasteiger partial charge in [-0.2, -0.15) is 0 Å².